The lowest BCUT2D eigenvalue weighted by atomic mass is 10.1. The van der Waals surface area contributed by atoms with Crippen LogP contribution in [0, 0.1) is 18.3 Å². The van der Waals surface area contributed by atoms with Crippen LogP contribution in [-0.4, -0.2) is 10.1 Å². The van der Waals surface area contributed by atoms with E-state index in [9.17, 15) is 0 Å². The van der Waals surface area contributed by atoms with E-state index < -0.39 is 0 Å². The van der Waals surface area contributed by atoms with Gasteiger partial charge in [-0.25, -0.2) is 0 Å². The summed E-state index contributed by atoms with van der Waals surface area (Å²) in [6, 6.07) is 9.30. The van der Waals surface area contributed by atoms with Crippen molar-refractivity contribution in [3.05, 3.63) is 41.2 Å². The fourth-order valence-electron chi connectivity index (χ4n) is 1.23. The minimum Gasteiger partial charge on any atom is -0.444 e. The summed E-state index contributed by atoms with van der Waals surface area (Å²) in [6.45, 7) is 1.95. The van der Waals surface area contributed by atoms with Gasteiger partial charge in [0.05, 0.1) is 11.6 Å². The molecule has 5 nitrogen and oxygen atoms in total. The zero-order valence-corrected chi connectivity index (χ0v) is 8.67. The van der Waals surface area contributed by atoms with E-state index in [0.29, 0.717) is 11.4 Å². The van der Waals surface area contributed by atoms with Gasteiger partial charge in [-0.15, -0.1) is 0 Å². The Labute approximate surface area is 92.3 Å². The normalized spacial score (nSPS) is 9.75. The van der Waals surface area contributed by atoms with E-state index in [0.717, 1.165) is 5.56 Å². The van der Waals surface area contributed by atoms with Crippen molar-refractivity contribution in [3.8, 4) is 12.1 Å². The van der Waals surface area contributed by atoms with Crippen LogP contribution < -0.4 is 4.74 Å². The molecule has 0 bridgehead atoms. The van der Waals surface area contributed by atoms with Crippen LogP contribution in [0.25, 0.3) is 0 Å². The zero-order chi connectivity index (χ0) is 11.4. The third kappa shape index (κ3) is 2.17. The molecule has 0 aliphatic heterocycles. The molecule has 1 aromatic heterocycles. The third-order valence-electron chi connectivity index (χ3n) is 2.00. The van der Waals surface area contributed by atoms with E-state index >= 15 is 0 Å². The second-order valence-electron chi connectivity index (χ2n) is 3.17. The molecule has 0 aliphatic carbocycles. The lowest BCUT2D eigenvalue weighted by Gasteiger charge is -2.02. The number of rotatable bonds is 3. The van der Waals surface area contributed by atoms with Crippen molar-refractivity contribution in [1.29, 1.82) is 5.26 Å². The lowest BCUT2D eigenvalue weighted by Crippen LogP contribution is -1.98. The van der Waals surface area contributed by atoms with Gasteiger partial charge in [-0.1, -0.05) is 23.4 Å². The Balaban J connectivity index is 2.08. The van der Waals surface area contributed by atoms with Crippen molar-refractivity contribution >= 4 is 0 Å². The number of hydrogen-bond donors (Lipinski definition) is 0. The third-order valence-corrected chi connectivity index (χ3v) is 2.00. The standard InChI is InChI=1S/C11H9N3O2/c1-8-13-11(16-14-8)15-7-10-5-3-2-4-9(10)6-12/h2-5H,7H2,1H3. The topological polar surface area (TPSA) is 71.9 Å². The maximum absolute atomic E-state index is 8.86. The Bertz CT molecular complexity index is 528. The highest BCUT2D eigenvalue weighted by atomic mass is 16.6. The number of aryl methyl sites for hydroxylation is 1. The molecule has 16 heavy (non-hydrogen) atoms. The van der Waals surface area contributed by atoms with Crippen LogP contribution in [0.5, 0.6) is 6.08 Å². The van der Waals surface area contributed by atoms with E-state index in [-0.39, 0.29) is 12.7 Å². The monoisotopic (exact) mass is 215 g/mol. The molecular formula is C11H9N3O2. The predicted molar refractivity (Wildman–Crippen MR) is 54.5 cm³/mol. The maximum Gasteiger partial charge on any atom is 0.417 e. The number of aromatic nitrogens is 2. The molecule has 0 spiro atoms. The minimum absolute atomic E-state index is 0.116. The second kappa shape index (κ2) is 4.45. The number of nitrogens with zero attached hydrogens (tertiary/aromatic N) is 3. The fraction of sp³-hybridized carbons (Fsp3) is 0.182. The van der Waals surface area contributed by atoms with Crippen LogP contribution in [-0.2, 0) is 6.61 Å². The van der Waals surface area contributed by atoms with Gasteiger partial charge in [-0.05, 0) is 13.0 Å². The van der Waals surface area contributed by atoms with Gasteiger partial charge in [0, 0.05) is 5.56 Å². The number of hydrogen-bond acceptors (Lipinski definition) is 5. The van der Waals surface area contributed by atoms with Crippen molar-refractivity contribution in [2.24, 2.45) is 0 Å². The molecule has 0 unspecified atom stereocenters. The van der Waals surface area contributed by atoms with Crippen LogP contribution in [0.4, 0.5) is 0 Å². The largest absolute Gasteiger partial charge is 0.444 e. The average molecular weight is 215 g/mol. The Morgan fingerprint density at radius 1 is 1.44 bits per heavy atom. The Kier molecular flexibility index (Phi) is 2.83. The quantitative estimate of drug-likeness (QED) is 0.780. The van der Waals surface area contributed by atoms with Crippen LogP contribution in [0.3, 0.4) is 0 Å². The van der Waals surface area contributed by atoms with Crippen molar-refractivity contribution in [3.63, 3.8) is 0 Å². The lowest BCUT2D eigenvalue weighted by molar-refractivity contribution is 0.195. The smallest absolute Gasteiger partial charge is 0.417 e. The van der Waals surface area contributed by atoms with Gasteiger partial charge >= 0.3 is 6.08 Å². The van der Waals surface area contributed by atoms with Crippen LogP contribution in [0.1, 0.15) is 17.0 Å². The minimum atomic E-state index is 0.116. The Hall–Kier alpha value is -2.35. The van der Waals surface area contributed by atoms with E-state index in [1.807, 2.05) is 12.1 Å². The first-order valence-corrected chi connectivity index (χ1v) is 4.70. The molecule has 0 amide bonds. The van der Waals surface area contributed by atoms with Crippen LogP contribution in [0.15, 0.2) is 28.8 Å². The van der Waals surface area contributed by atoms with Crippen LogP contribution >= 0.6 is 0 Å². The van der Waals surface area contributed by atoms with Gasteiger partial charge in [0.1, 0.15) is 6.61 Å². The molecule has 0 saturated heterocycles. The van der Waals surface area contributed by atoms with Gasteiger partial charge < -0.3 is 4.74 Å². The summed E-state index contributed by atoms with van der Waals surface area (Å²) in [6.07, 6.45) is 0.116. The Morgan fingerprint density at radius 3 is 2.94 bits per heavy atom. The Morgan fingerprint density at radius 2 is 2.25 bits per heavy atom. The van der Waals surface area contributed by atoms with Gasteiger partial charge in [0.2, 0.25) is 0 Å². The van der Waals surface area contributed by atoms with Crippen molar-refractivity contribution < 1.29 is 9.26 Å². The summed E-state index contributed by atoms with van der Waals surface area (Å²) < 4.78 is 10.1. The molecule has 0 N–H and O–H groups in total. The number of ether oxygens (including phenoxy) is 1. The van der Waals surface area contributed by atoms with Gasteiger partial charge in [0.15, 0.2) is 5.82 Å². The van der Waals surface area contributed by atoms with Gasteiger partial charge in [-0.2, -0.15) is 10.2 Å². The summed E-state index contributed by atoms with van der Waals surface area (Å²) >= 11 is 0. The molecule has 5 heteroatoms. The van der Waals surface area contributed by atoms with Crippen LogP contribution in [0.2, 0.25) is 0 Å². The molecule has 1 heterocycles. The molecule has 80 valence electrons. The highest BCUT2D eigenvalue weighted by molar-refractivity contribution is 5.36. The highest BCUT2D eigenvalue weighted by Gasteiger charge is 2.06. The number of benzene rings is 1. The van der Waals surface area contributed by atoms with Gasteiger partial charge in [-0.3, -0.25) is 4.52 Å². The first-order valence-electron chi connectivity index (χ1n) is 4.70. The molecule has 0 atom stereocenters. The molecule has 2 rings (SSSR count). The number of nitriles is 1. The zero-order valence-electron chi connectivity index (χ0n) is 8.67. The summed E-state index contributed by atoms with van der Waals surface area (Å²) in [4.78, 5) is 3.90. The fourth-order valence-corrected chi connectivity index (χ4v) is 1.23. The van der Waals surface area contributed by atoms with Crippen molar-refractivity contribution in [2.75, 3.05) is 0 Å². The van der Waals surface area contributed by atoms with Gasteiger partial charge in [0.25, 0.3) is 0 Å². The summed E-state index contributed by atoms with van der Waals surface area (Å²) in [5.41, 5.74) is 1.37. The average Bonchev–Trinajstić information content (AvgIpc) is 2.73. The first-order chi connectivity index (χ1) is 7.79. The molecular weight excluding hydrogens is 206 g/mol. The molecule has 0 fully saturated rings. The van der Waals surface area contributed by atoms with E-state index in [4.69, 9.17) is 14.5 Å². The molecule has 0 aliphatic rings. The van der Waals surface area contributed by atoms with E-state index in [2.05, 4.69) is 16.2 Å². The predicted octanol–water partition coefficient (Wildman–Crippen LogP) is 1.83. The van der Waals surface area contributed by atoms with E-state index in [1.54, 1.807) is 19.1 Å². The molecule has 2 aromatic rings. The highest BCUT2D eigenvalue weighted by Crippen LogP contribution is 2.12. The summed E-state index contributed by atoms with van der Waals surface area (Å²) in [5, 5.41) is 12.5. The molecule has 0 saturated carbocycles. The SMILES string of the molecule is Cc1noc(OCc2ccccc2C#N)n1. The summed E-state index contributed by atoms with van der Waals surface area (Å²) in [5.74, 6) is 0.517. The first kappa shape index (κ1) is 10.2. The second-order valence-corrected chi connectivity index (χ2v) is 3.17. The van der Waals surface area contributed by atoms with Crippen molar-refractivity contribution in [2.45, 2.75) is 13.5 Å². The van der Waals surface area contributed by atoms with Crippen molar-refractivity contribution in [1.82, 2.24) is 10.1 Å². The molecule has 0 radical (unpaired) electrons. The summed E-state index contributed by atoms with van der Waals surface area (Å²) in [7, 11) is 0. The van der Waals surface area contributed by atoms with E-state index in [1.165, 1.54) is 0 Å². The molecule has 1 aromatic carbocycles. The maximum atomic E-state index is 8.86.